The third-order valence-corrected chi connectivity index (χ3v) is 5.09. The van der Waals surface area contributed by atoms with Crippen LogP contribution in [0, 0.1) is 29.6 Å². The third-order valence-electron chi connectivity index (χ3n) is 5.09. The van der Waals surface area contributed by atoms with Crippen molar-refractivity contribution in [3.05, 3.63) is 0 Å². The fraction of sp³-hybridized carbons (Fsp3) is 1.00. The van der Waals surface area contributed by atoms with Crippen molar-refractivity contribution in [3.63, 3.8) is 0 Å². The van der Waals surface area contributed by atoms with Gasteiger partial charge in [0.25, 0.3) is 0 Å². The zero-order valence-corrected chi connectivity index (χ0v) is 10.9. The summed E-state index contributed by atoms with van der Waals surface area (Å²) >= 11 is 0. The Labute approximate surface area is 94.8 Å². The predicted molar refractivity (Wildman–Crippen MR) is 66.4 cm³/mol. The lowest BCUT2D eigenvalue weighted by molar-refractivity contribution is 0.116. The first-order valence-corrected chi connectivity index (χ1v) is 6.37. The van der Waals surface area contributed by atoms with Crippen LogP contribution in [0.4, 0.5) is 0 Å². The highest BCUT2D eigenvalue weighted by atomic mass is 14.8. The lowest BCUT2D eigenvalue weighted by Crippen LogP contribution is -2.50. The summed E-state index contributed by atoms with van der Waals surface area (Å²) in [6.07, 6.45) is 1.12. The molecule has 0 heterocycles. The van der Waals surface area contributed by atoms with Crippen LogP contribution < -0.4 is 11.5 Å². The first-order chi connectivity index (χ1) is 6.86. The Morgan fingerprint density at radius 1 is 0.733 bits per heavy atom. The molecule has 7 atom stereocenters. The van der Waals surface area contributed by atoms with E-state index in [2.05, 4.69) is 34.6 Å². The number of hydrogen-bond acceptors (Lipinski definition) is 2. The highest BCUT2D eigenvalue weighted by Crippen LogP contribution is 2.36. The summed E-state index contributed by atoms with van der Waals surface area (Å²) in [4.78, 5) is 0. The van der Waals surface area contributed by atoms with Gasteiger partial charge < -0.3 is 11.5 Å². The van der Waals surface area contributed by atoms with Crippen molar-refractivity contribution in [2.75, 3.05) is 0 Å². The second kappa shape index (κ2) is 4.84. The van der Waals surface area contributed by atoms with E-state index in [0.717, 1.165) is 12.3 Å². The van der Waals surface area contributed by atoms with Gasteiger partial charge in [0.1, 0.15) is 0 Å². The van der Waals surface area contributed by atoms with Gasteiger partial charge in [0.15, 0.2) is 0 Å². The van der Waals surface area contributed by atoms with E-state index in [0.29, 0.717) is 23.7 Å². The van der Waals surface area contributed by atoms with Crippen LogP contribution in [0.2, 0.25) is 0 Å². The van der Waals surface area contributed by atoms with E-state index in [1.165, 1.54) is 0 Å². The Hall–Kier alpha value is -0.0800. The molecule has 0 aromatic rings. The van der Waals surface area contributed by atoms with E-state index in [-0.39, 0.29) is 12.1 Å². The van der Waals surface area contributed by atoms with E-state index in [1.54, 1.807) is 0 Å². The van der Waals surface area contributed by atoms with E-state index in [4.69, 9.17) is 11.5 Å². The van der Waals surface area contributed by atoms with E-state index in [1.807, 2.05) is 0 Å². The molecule has 1 aliphatic rings. The van der Waals surface area contributed by atoms with Crippen LogP contribution >= 0.6 is 0 Å². The van der Waals surface area contributed by atoms with Crippen LogP contribution in [0.15, 0.2) is 0 Å². The first kappa shape index (κ1) is 13.0. The zero-order chi connectivity index (χ0) is 11.7. The molecule has 90 valence electrons. The van der Waals surface area contributed by atoms with Gasteiger partial charge >= 0.3 is 0 Å². The number of rotatable bonds is 0. The lowest BCUT2D eigenvalue weighted by Gasteiger charge is -2.42. The van der Waals surface area contributed by atoms with Gasteiger partial charge in [0.05, 0.1) is 0 Å². The molecule has 0 aromatic heterocycles. The molecule has 0 aromatic carbocycles. The lowest BCUT2D eigenvalue weighted by atomic mass is 9.67. The van der Waals surface area contributed by atoms with Crippen molar-refractivity contribution in [1.82, 2.24) is 0 Å². The molecule has 4 N–H and O–H groups in total. The molecule has 1 fully saturated rings. The summed E-state index contributed by atoms with van der Waals surface area (Å²) in [5, 5.41) is 0. The van der Waals surface area contributed by atoms with Crippen LogP contribution in [-0.2, 0) is 0 Å². The van der Waals surface area contributed by atoms with Crippen LogP contribution in [0.1, 0.15) is 41.0 Å². The maximum atomic E-state index is 6.30. The quantitative estimate of drug-likeness (QED) is 0.647. The third kappa shape index (κ3) is 2.54. The molecule has 1 saturated carbocycles. The van der Waals surface area contributed by atoms with Gasteiger partial charge in [-0.25, -0.2) is 0 Å². The molecule has 0 aliphatic heterocycles. The molecule has 15 heavy (non-hydrogen) atoms. The summed E-state index contributed by atoms with van der Waals surface area (Å²) in [6, 6.07) is 0.525. The van der Waals surface area contributed by atoms with E-state index < -0.39 is 0 Å². The summed E-state index contributed by atoms with van der Waals surface area (Å²) in [6.45, 7) is 11.5. The second-order valence-electron chi connectivity index (χ2n) is 5.89. The minimum Gasteiger partial charge on any atom is -0.327 e. The second-order valence-corrected chi connectivity index (χ2v) is 5.89. The van der Waals surface area contributed by atoms with Crippen LogP contribution in [0.3, 0.4) is 0 Å². The summed E-state index contributed by atoms with van der Waals surface area (Å²) in [7, 11) is 0. The van der Waals surface area contributed by atoms with Gasteiger partial charge in [-0.2, -0.15) is 0 Å². The van der Waals surface area contributed by atoms with Gasteiger partial charge in [0, 0.05) is 12.1 Å². The molecular formula is C13H28N2. The largest absolute Gasteiger partial charge is 0.327 e. The standard InChI is InChI=1S/C13H28N2/c1-7-6-12(14)11(5)13(15)10(4)9(3)8(7)2/h7-13H,6,14-15H2,1-5H3. The Morgan fingerprint density at radius 3 is 1.80 bits per heavy atom. The molecule has 0 spiro atoms. The maximum Gasteiger partial charge on any atom is 0.0108 e. The van der Waals surface area contributed by atoms with E-state index in [9.17, 15) is 0 Å². The first-order valence-electron chi connectivity index (χ1n) is 6.37. The molecule has 0 radical (unpaired) electrons. The molecule has 1 rings (SSSR count). The zero-order valence-electron chi connectivity index (χ0n) is 10.9. The molecular weight excluding hydrogens is 184 g/mol. The van der Waals surface area contributed by atoms with Gasteiger partial charge in [-0.15, -0.1) is 0 Å². The van der Waals surface area contributed by atoms with Crippen LogP contribution in [0.5, 0.6) is 0 Å². The van der Waals surface area contributed by atoms with Crippen molar-refractivity contribution >= 4 is 0 Å². The molecule has 0 saturated heterocycles. The molecule has 2 heteroatoms. The SMILES string of the molecule is CC1CC(N)C(C)C(N)C(C)C(C)C1C. The fourth-order valence-corrected chi connectivity index (χ4v) is 2.97. The average molecular weight is 212 g/mol. The highest BCUT2D eigenvalue weighted by molar-refractivity contribution is 4.90. The Balaban J connectivity index is 2.85. The summed E-state index contributed by atoms with van der Waals surface area (Å²) < 4.78 is 0. The van der Waals surface area contributed by atoms with Gasteiger partial charge in [0.2, 0.25) is 0 Å². The maximum absolute atomic E-state index is 6.30. The predicted octanol–water partition coefficient (Wildman–Crippen LogP) is 2.23. The monoisotopic (exact) mass is 212 g/mol. The molecule has 0 bridgehead atoms. The van der Waals surface area contributed by atoms with Gasteiger partial charge in [-0.1, -0.05) is 34.6 Å². The van der Waals surface area contributed by atoms with E-state index >= 15 is 0 Å². The summed E-state index contributed by atoms with van der Waals surface area (Å²) in [5.41, 5.74) is 12.5. The molecule has 7 unspecified atom stereocenters. The van der Waals surface area contributed by atoms with Gasteiger partial charge in [-0.05, 0) is 36.0 Å². The highest BCUT2D eigenvalue weighted by Gasteiger charge is 2.35. The van der Waals surface area contributed by atoms with Crippen LogP contribution in [0.25, 0.3) is 0 Å². The normalized spacial score (nSPS) is 53.4. The average Bonchev–Trinajstić information content (AvgIpc) is 2.22. The minimum absolute atomic E-state index is 0.255. The van der Waals surface area contributed by atoms with Crippen molar-refractivity contribution in [2.24, 2.45) is 41.1 Å². The number of hydrogen-bond donors (Lipinski definition) is 2. The van der Waals surface area contributed by atoms with Gasteiger partial charge in [-0.3, -0.25) is 0 Å². The molecule has 0 amide bonds. The summed E-state index contributed by atoms with van der Waals surface area (Å²) in [5.74, 6) is 3.16. The fourth-order valence-electron chi connectivity index (χ4n) is 2.97. The molecule has 1 aliphatic carbocycles. The Kier molecular flexibility index (Phi) is 4.19. The van der Waals surface area contributed by atoms with Crippen LogP contribution in [-0.4, -0.2) is 12.1 Å². The van der Waals surface area contributed by atoms with Crippen molar-refractivity contribution in [3.8, 4) is 0 Å². The topological polar surface area (TPSA) is 52.0 Å². The van der Waals surface area contributed by atoms with Crippen molar-refractivity contribution in [2.45, 2.75) is 53.1 Å². The number of nitrogens with two attached hydrogens (primary N) is 2. The Morgan fingerprint density at radius 2 is 1.27 bits per heavy atom. The smallest absolute Gasteiger partial charge is 0.0108 e. The molecule has 2 nitrogen and oxygen atoms in total. The van der Waals surface area contributed by atoms with Crippen molar-refractivity contribution in [1.29, 1.82) is 0 Å². The van der Waals surface area contributed by atoms with Crippen molar-refractivity contribution < 1.29 is 0 Å². The Bertz CT molecular complexity index is 185. The minimum atomic E-state index is 0.255.